The number of nitrogens with one attached hydrogen (secondary N) is 1. The van der Waals surface area contributed by atoms with Crippen molar-refractivity contribution in [1.82, 2.24) is 0 Å². The smallest absolute Gasteiger partial charge is 0.306 e. The van der Waals surface area contributed by atoms with Crippen molar-refractivity contribution in [1.29, 1.82) is 0 Å². The van der Waals surface area contributed by atoms with Gasteiger partial charge in [-0.15, -0.1) is 0 Å². The van der Waals surface area contributed by atoms with E-state index in [2.05, 4.69) is 5.32 Å². The van der Waals surface area contributed by atoms with Gasteiger partial charge in [0.25, 0.3) is 5.91 Å². The third-order valence-corrected chi connectivity index (χ3v) is 4.41. The van der Waals surface area contributed by atoms with Crippen molar-refractivity contribution in [2.45, 2.75) is 26.2 Å². The van der Waals surface area contributed by atoms with E-state index in [1.165, 1.54) is 0 Å². The molecule has 2 aromatic carbocycles. The summed E-state index contributed by atoms with van der Waals surface area (Å²) in [5, 5.41) is 2.68. The summed E-state index contributed by atoms with van der Waals surface area (Å²) in [6, 6.07) is 12.3. The minimum absolute atomic E-state index is 0.0160. The number of fused-ring (bicyclic) bond motifs is 1. The van der Waals surface area contributed by atoms with Crippen LogP contribution in [0.5, 0.6) is 11.5 Å². The van der Waals surface area contributed by atoms with E-state index in [0.29, 0.717) is 36.0 Å². The Balaban J connectivity index is 1.44. The number of Topliss-reactive ketones (excluding diaryl/α,β-unsaturated/α-hetero) is 1. The first-order valence-electron chi connectivity index (χ1n) is 9.47. The number of carbonyl (C=O) groups excluding carboxylic acids is 3. The number of carbonyl (C=O) groups is 3. The molecule has 1 amide bonds. The molecular formula is C22H23NO6. The summed E-state index contributed by atoms with van der Waals surface area (Å²) in [5.41, 5.74) is 2.02. The Morgan fingerprint density at radius 3 is 2.55 bits per heavy atom. The lowest BCUT2D eigenvalue weighted by Gasteiger charge is -2.09. The van der Waals surface area contributed by atoms with Gasteiger partial charge < -0.3 is 19.5 Å². The molecule has 0 aliphatic carbocycles. The van der Waals surface area contributed by atoms with Crippen molar-refractivity contribution in [3.05, 3.63) is 53.6 Å². The number of para-hydroxylation sites is 1. The summed E-state index contributed by atoms with van der Waals surface area (Å²) in [5.74, 6) is -0.0987. The van der Waals surface area contributed by atoms with Crippen molar-refractivity contribution >= 4 is 23.3 Å². The lowest BCUT2D eigenvalue weighted by Crippen LogP contribution is -2.21. The molecule has 152 valence electrons. The highest BCUT2D eigenvalue weighted by Crippen LogP contribution is 2.30. The van der Waals surface area contributed by atoms with Gasteiger partial charge in [-0.1, -0.05) is 18.2 Å². The van der Waals surface area contributed by atoms with Crippen molar-refractivity contribution < 1.29 is 28.6 Å². The second kappa shape index (κ2) is 9.73. The van der Waals surface area contributed by atoms with Crippen LogP contribution in [0.4, 0.5) is 5.69 Å². The molecule has 0 saturated carbocycles. The number of benzene rings is 2. The van der Waals surface area contributed by atoms with Crippen LogP contribution in [0.25, 0.3) is 0 Å². The second-order valence-electron chi connectivity index (χ2n) is 6.66. The van der Waals surface area contributed by atoms with Crippen LogP contribution in [0.2, 0.25) is 0 Å². The molecule has 2 aromatic rings. The van der Waals surface area contributed by atoms with E-state index in [9.17, 15) is 14.4 Å². The van der Waals surface area contributed by atoms with Gasteiger partial charge in [-0.2, -0.15) is 0 Å². The molecule has 0 radical (unpaired) electrons. The number of ketones is 1. The number of anilines is 1. The van der Waals surface area contributed by atoms with E-state index in [-0.39, 0.29) is 18.6 Å². The molecule has 1 aliphatic heterocycles. The van der Waals surface area contributed by atoms with Gasteiger partial charge in [0.1, 0.15) is 0 Å². The van der Waals surface area contributed by atoms with Gasteiger partial charge in [0.05, 0.1) is 19.6 Å². The fraction of sp³-hybridized carbons (Fsp3) is 0.318. The first kappa shape index (κ1) is 20.4. The Morgan fingerprint density at radius 1 is 1.00 bits per heavy atom. The molecule has 1 aliphatic rings. The van der Waals surface area contributed by atoms with E-state index >= 15 is 0 Å². The zero-order valence-corrected chi connectivity index (χ0v) is 16.2. The first-order chi connectivity index (χ1) is 14.0. The molecule has 7 nitrogen and oxygen atoms in total. The molecule has 1 N–H and O–H groups in total. The molecule has 0 aromatic heterocycles. The third-order valence-electron chi connectivity index (χ3n) is 4.41. The molecule has 0 atom stereocenters. The first-order valence-corrected chi connectivity index (χ1v) is 9.47. The number of hydrogen-bond donors (Lipinski definition) is 1. The number of esters is 1. The Hall–Kier alpha value is -3.35. The quantitative estimate of drug-likeness (QED) is 0.569. The van der Waals surface area contributed by atoms with Crippen molar-refractivity contribution in [2.75, 3.05) is 25.1 Å². The molecular weight excluding hydrogens is 374 g/mol. The van der Waals surface area contributed by atoms with Crippen LogP contribution in [0.15, 0.2) is 42.5 Å². The maximum absolute atomic E-state index is 12.4. The second-order valence-corrected chi connectivity index (χ2v) is 6.66. The summed E-state index contributed by atoms with van der Waals surface area (Å²) < 4.78 is 16.1. The summed E-state index contributed by atoms with van der Waals surface area (Å²) in [6.07, 6.45) is 0.657. The van der Waals surface area contributed by atoms with E-state index in [4.69, 9.17) is 14.2 Å². The number of aryl methyl sites for hydroxylation is 1. The molecule has 0 spiro atoms. The highest BCUT2D eigenvalue weighted by Gasteiger charge is 2.16. The van der Waals surface area contributed by atoms with Gasteiger partial charge in [0.15, 0.2) is 23.9 Å². The molecule has 0 bridgehead atoms. The lowest BCUT2D eigenvalue weighted by molar-refractivity contribution is -0.147. The molecule has 1 heterocycles. The summed E-state index contributed by atoms with van der Waals surface area (Å²) in [6.45, 7) is 2.57. The Kier molecular flexibility index (Phi) is 6.84. The molecule has 0 unspecified atom stereocenters. The standard InChI is InChI=1S/C22H23NO6/c1-15-5-2-3-6-17(15)23-21(25)14-29-22(26)10-8-18(24)16-7-9-19-20(13-16)28-12-4-11-27-19/h2-3,5-7,9,13H,4,8,10-12,14H2,1H3,(H,23,25). The highest BCUT2D eigenvalue weighted by atomic mass is 16.5. The predicted octanol–water partition coefficient (Wildman–Crippen LogP) is 3.30. The molecule has 29 heavy (non-hydrogen) atoms. The average Bonchev–Trinajstić information content (AvgIpc) is 2.97. The normalized spacial score (nSPS) is 12.6. The number of rotatable bonds is 7. The fourth-order valence-electron chi connectivity index (χ4n) is 2.81. The molecule has 3 rings (SSSR count). The average molecular weight is 397 g/mol. The molecule has 7 heteroatoms. The predicted molar refractivity (Wildman–Crippen MR) is 106 cm³/mol. The van der Waals surface area contributed by atoms with Gasteiger partial charge in [0, 0.05) is 24.1 Å². The van der Waals surface area contributed by atoms with Crippen molar-refractivity contribution in [3.63, 3.8) is 0 Å². The number of hydrogen-bond acceptors (Lipinski definition) is 6. The minimum atomic E-state index is -0.604. The van der Waals surface area contributed by atoms with Gasteiger partial charge in [-0.25, -0.2) is 0 Å². The third kappa shape index (κ3) is 5.81. The van der Waals surface area contributed by atoms with Gasteiger partial charge in [0.2, 0.25) is 0 Å². The van der Waals surface area contributed by atoms with Crippen LogP contribution in [0.1, 0.15) is 35.2 Å². The number of amides is 1. The van der Waals surface area contributed by atoms with Crippen LogP contribution in [0, 0.1) is 6.92 Å². The SMILES string of the molecule is Cc1ccccc1NC(=O)COC(=O)CCC(=O)c1ccc2c(c1)OCCCO2. The maximum Gasteiger partial charge on any atom is 0.306 e. The van der Waals surface area contributed by atoms with Crippen LogP contribution in [-0.2, 0) is 14.3 Å². The summed E-state index contributed by atoms with van der Waals surface area (Å²) >= 11 is 0. The monoisotopic (exact) mass is 397 g/mol. The van der Waals surface area contributed by atoms with Crippen LogP contribution in [-0.4, -0.2) is 37.5 Å². The maximum atomic E-state index is 12.4. The Labute approximate surface area is 169 Å². The zero-order valence-electron chi connectivity index (χ0n) is 16.2. The van der Waals surface area contributed by atoms with Crippen LogP contribution < -0.4 is 14.8 Å². The van der Waals surface area contributed by atoms with Gasteiger partial charge in [-0.3, -0.25) is 14.4 Å². The zero-order chi connectivity index (χ0) is 20.6. The van der Waals surface area contributed by atoms with E-state index in [1.807, 2.05) is 19.1 Å². The van der Waals surface area contributed by atoms with E-state index in [1.54, 1.807) is 30.3 Å². The summed E-state index contributed by atoms with van der Waals surface area (Å²) in [7, 11) is 0. The van der Waals surface area contributed by atoms with Crippen molar-refractivity contribution in [3.8, 4) is 11.5 Å². The molecule has 0 saturated heterocycles. The Bertz CT molecular complexity index is 908. The van der Waals surface area contributed by atoms with Gasteiger partial charge in [-0.05, 0) is 36.8 Å². The largest absolute Gasteiger partial charge is 0.490 e. The van der Waals surface area contributed by atoms with E-state index in [0.717, 1.165) is 12.0 Å². The van der Waals surface area contributed by atoms with Gasteiger partial charge >= 0.3 is 5.97 Å². The number of ether oxygens (including phenoxy) is 3. The highest BCUT2D eigenvalue weighted by molar-refractivity contribution is 5.98. The Morgan fingerprint density at radius 2 is 1.76 bits per heavy atom. The molecule has 0 fully saturated rings. The van der Waals surface area contributed by atoms with Crippen LogP contribution >= 0.6 is 0 Å². The minimum Gasteiger partial charge on any atom is -0.490 e. The van der Waals surface area contributed by atoms with Crippen LogP contribution in [0.3, 0.4) is 0 Å². The van der Waals surface area contributed by atoms with E-state index < -0.39 is 18.5 Å². The lowest BCUT2D eigenvalue weighted by atomic mass is 10.1. The fourth-order valence-corrected chi connectivity index (χ4v) is 2.81. The summed E-state index contributed by atoms with van der Waals surface area (Å²) in [4.78, 5) is 36.1. The topological polar surface area (TPSA) is 90.9 Å². The van der Waals surface area contributed by atoms with Crippen molar-refractivity contribution in [2.24, 2.45) is 0 Å².